The molecule has 3 rings (SSSR count). The van der Waals surface area contributed by atoms with Crippen molar-refractivity contribution in [2.75, 3.05) is 32.7 Å². The van der Waals surface area contributed by atoms with Crippen molar-refractivity contribution in [2.45, 2.75) is 32.4 Å². The van der Waals surface area contributed by atoms with Crippen molar-refractivity contribution in [3.05, 3.63) is 24.0 Å². The average molecular weight is 304 g/mol. The van der Waals surface area contributed by atoms with Gasteiger partial charge in [0.1, 0.15) is 5.60 Å². The minimum absolute atomic E-state index is 0.162. The maximum absolute atomic E-state index is 12.4. The second-order valence-electron chi connectivity index (χ2n) is 6.74. The van der Waals surface area contributed by atoms with Gasteiger partial charge in [-0.25, -0.2) is 4.79 Å². The Hall–Kier alpha value is -1.66. The maximum atomic E-state index is 12.4. The largest absolute Gasteiger partial charge is 0.443 e. The molecule has 0 aromatic rings. The summed E-state index contributed by atoms with van der Waals surface area (Å²) >= 11 is 0. The molecule has 1 saturated heterocycles. The summed E-state index contributed by atoms with van der Waals surface area (Å²) in [6.07, 6.45) is 5.54. The first kappa shape index (κ1) is 15.2. The van der Waals surface area contributed by atoms with Gasteiger partial charge in [-0.3, -0.25) is 14.8 Å². The molecule has 0 aliphatic carbocycles. The van der Waals surface area contributed by atoms with Crippen LogP contribution in [0, 0.1) is 0 Å². The minimum Gasteiger partial charge on any atom is -0.443 e. The normalized spacial score (nSPS) is 25.6. The van der Waals surface area contributed by atoms with E-state index in [1.54, 1.807) is 4.90 Å². The zero-order valence-corrected chi connectivity index (χ0v) is 13.5. The lowest BCUT2D eigenvalue weighted by Gasteiger charge is -2.38. The molecule has 3 heterocycles. The van der Waals surface area contributed by atoms with Gasteiger partial charge in [-0.05, 0) is 32.9 Å². The zero-order chi connectivity index (χ0) is 15.7. The quantitative estimate of drug-likeness (QED) is 0.795. The van der Waals surface area contributed by atoms with Gasteiger partial charge in [0.2, 0.25) is 0 Å². The summed E-state index contributed by atoms with van der Waals surface area (Å²) in [7, 11) is 0. The van der Waals surface area contributed by atoms with E-state index < -0.39 is 5.60 Å². The van der Waals surface area contributed by atoms with Gasteiger partial charge in [0.15, 0.2) is 0 Å². The summed E-state index contributed by atoms with van der Waals surface area (Å²) in [5.41, 5.74) is 1.35. The van der Waals surface area contributed by atoms with Gasteiger partial charge in [-0.15, -0.1) is 0 Å². The molecule has 0 bridgehead atoms. The highest BCUT2D eigenvalue weighted by Crippen LogP contribution is 2.26. The highest BCUT2D eigenvalue weighted by Gasteiger charge is 2.36. The number of piperazine rings is 1. The van der Waals surface area contributed by atoms with Crippen molar-refractivity contribution < 1.29 is 9.53 Å². The number of aliphatic imine (C=N–C) groups is 1. The lowest BCUT2D eigenvalue weighted by Crippen LogP contribution is -2.53. The van der Waals surface area contributed by atoms with E-state index in [2.05, 4.69) is 21.3 Å². The predicted octanol–water partition coefficient (Wildman–Crippen LogP) is 1.36. The fourth-order valence-electron chi connectivity index (χ4n) is 2.95. The van der Waals surface area contributed by atoms with Crippen molar-refractivity contribution >= 4 is 11.8 Å². The Labute approximate surface area is 131 Å². The molecular formula is C16H24N4O2. The summed E-state index contributed by atoms with van der Waals surface area (Å²) in [6, 6.07) is 0.162. The first-order chi connectivity index (χ1) is 10.5. The smallest absolute Gasteiger partial charge is 0.419 e. The number of ether oxygens (including phenoxy) is 1. The number of nitrogens with zero attached hydrogens (tertiary/aromatic N) is 3. The van der Waals surface area contributed by atoms with E-state index >= 15 is 0 Å². The Kier molecular flexibility index (Phi) is 4.06. The van der Waals surface area contributed by atoms with Gasteiger partial charge in [0.25, 0.3) is 0 Å². The molecule has 1 fully saturated rings. The lowest BCUT2D eigenvalue weighted by atomic mass is 10.0. The van der Waals surface area contributed by atoms with E-state index in [1.165, 1.54) is 0 Å². The van der Waals surface area contributed by atoms with Crippen LogP contribution < -0.4 is 5.32 Å². The third kappa shape index (κ3) is 3.08. The Morgan fingerprint density at radius 1 is 1.36 bits per heavy atom. The molecule has 120 valence electrons. The van der Waals surface area contributed by atoms with Crippen LogP contribution in [0.25, 0.3) is 0 Å². The Bertz CT molecular complexity index is 539. The topological polar surface area (TPSA) is 57.2 Å². The van der Waals surface area contributed by atoms with E-state index in [1.807, 2.05) is 33.0 Å². The molecule has 0 radical (unpaired) electrons. The number of nitrogens with one attached hydrogen (secondary N) is 1. The van der Waals surface area contributed by atoms with Crippen LogP contribution in [0.1, 0.15) is 20.8 Å². The van der Waals surface area contributed by atoms with E-state index in [0.29, 0.717) is 6.54 Å². The second kappa shape index (κ2) is 5.85. The highest BCUT2D eigenvalue weighted by atomic mass is 16.6. The summed E-state index contributed by atoms with van der Waals surface area (Å²) in [5, 5.41) is 3.36. The first-order valence-electron chi connectivity index (χ1n) is 7.86. The van der Waals surface area contributed by atoms with Crippen molar-refractivity contribution in [2.24, 2.45) is 4.99 Å². The number of rotatable bonds is 1. The summed E-state index contributed by atoms with van der Waals surface area (Å²) in [6.45, 7) is 10.2. The van der Waals surface area contributed by atoms with Gasteiger partial charge in [0, 0.05) is 32.4 Å². The van der Waals surface area contributed by atoms with Crippen LogP contribution in [-0.4, -0.2) is 66.0 Å². The van der Waals surface area contributed by atoms with Crippen molar-refractivity contribution in [3.63, 3.8) is 0 Å². The molecule has 0 saturated carbocycles. The molecule has 1 N–H and O–H groups in total. The standard InChI is InChI=1S/C16H24N4O2/c1-16(2,3)22-15(21)20-9-5-12(14-13(20)4-6-18-14)19-10-7-17-8-11-19/h4-5,9,12,17H,6-8,10-11H2,1-3H3. The van der Waals surface area contributed by atoms with Crippen LogP contribution in [0.4, 0.5) is 4.79 Å². The van der Waals surface area contributed by atoms with E-state index in [9.17, 15) is 4.79 Å². The van der Waals surface area contributed by atoms with Crippen molar-refractivity contribution in [1.82, 2.24) is 15.1 Å². The summed E-state index contributed by atoms with van der Waals surface area (Å²) in [4.78, 5) is 21.0. The first-order valence-corrected chi connectivity index (χ1v) is 7.86. The minimum atomic E-state index is -0.503. The molecule has 1 amide bonds. The molecule has 0 aromatic carbocycles. The highest BCUT2D eigenvalue weighted by molar-refractivity contribution is 6.09. The molecule has 6 heteroatoms. The average Bonchev–Trinajstić information content (AvgIpc) is 2.94. The number of carbonyl (C=O) groups excluding carboxylic acids is 1. The molecule has 1 atom stereocenters. The molecule has 22 heavy (non-hydrogen) atoms. The Morgan fingerprint density at radius 2 is 2.09 bits per heavy atom. The van der Waals surface area contributed by atoms with Gasteiger partial charge in [0.05, 0.1) is 24.0 Å². The van der Waals surface area contributed by atoms with E-state index in [4.69, 9.17) is 4.74 Å². The number of amides is 1. The molecular weight excluding hydrogens is 280 g/mol. The monoisotopic (exact) mass is 304 g/mol. The van der Waals surface area contributed by atoms with Crippen LogP contribution >= 0.6 is 0 Å². The predicted molar refractivity (Wildman–Crippen MR) is 85.8 cm³/mol. The fourth-order valence-corrected chi connectivity index (χ4v) is 2.95. The molecule has 3 aliphatic rings. The van der Waals surface area contributed by atoms with Gasteiger partial charge >= 0.3 is 6.09 Å². The molecule has 6 nitrogen and oxygen atoms in total. The number of fused-ring (bicyclic) bond motifs is 1. The number of carbonyl (C=O) groups is 1. The third-order valence-corrected chi connectivity index (χ3v) is 3.90. The van der Waals surface area contributed by atoms with Crippen molar-refractivity contribution in [3.8, 4) is 0 Å². The SMILES string of the molecule is CC(C)(C)OC(=O)N1C=CC(N2CCNCC2)C2=NCC=C21. The lowest BCUT2D eigenvalue weighted by molar-refractivity contribution is 0.0386. The van der Waals surface area contributed by atoms with Gasteiger partial charge < -0.3 is 10.1 Å². The number of hydrogen-bond donors (Lipinski definition) is 1. The second-order valence-corrected chi connectivity index (χ2v) is 6.74. The summed E-state index contributed by atoms with van der Waals surface area (Å²) in [5.74, 6) is 0. The number of hydrogen-bond acceptors (Lipinski definition) is 5. The summed E-state index contributed by atoms with van der Waals surface area (Å²) < 4.78 is 5.48. The van der Waals surface area contributed by atoms with Crippen LogP contribution in [0.5, 0.6) is 0 Å². The van der Waals surface area contributed by atoms with Crippen LogP contribution in [-0.2, 0) is 4.74 Å². The molecule has 3 aliphatic heterocycles. The van der Waals surface area contributed by atoms with E-state index in [-0.39, 0.29) is 12.1 Å². The van der Waals surface area contributed by atoms with Crippen LogP contribution in [0.3, 0.4) is 0 Å². The zero-order valence-electron chi connectivity index (χ0n) is 13.5. The fraction of sp³-hybridized carbons (Fsp3) is 0.625. The van der Waals surface area contributed by atoms with E-state index in [0.717, 1.165) is 37.6 Å². The Morgan fingerprint density at radius 3 is 2.77 bits per heavy atom. The van der Waals surface area contributed by atoms with Gasteiger partial charge in [-0.1, -0.05) is 0 Å². The van der Waals surface area contributed by atoms with Gasteiger partial charge in [-0.2, -0.15) is 0 Å². The molecule has 1 unspecified atom stereocenters. The van der Waals surface area contributed by atoms with Crippen LogP contribution in [0.2, 0.25) is 0 Å². The molecule has 0 spiro atoms. The maximum Gasteiger partial charge on any atom is 0.419 e. The van der Waals surface area contributed by atoms with Crippen molar-refractivity contribution in [1.29, 1.82) is 0 Å². The third-order valence-electron chi connectivity index (χ3n) is 3.90. The Balaban J connectivity index is 1.79. The molecule has 0 aromatic heterocycles. The van der Waals surface area contributed by atoms with Crippen LogP contribution in [0.15, 0.2) is 29.0 Å².